The molecule has 2 aromatic rings. The summed E-state index contributed by atoms with van der Waals surface area (Å²) in [6, 6.07) is 6.50. The Hall–Kier alpha value is -1.57. The van der Waals surface area contributed by atoms with Gasteiger partial charge in [-0.1, -0.05) is 45.9 Å². The predicted molar refractivity (Wildman–Crippen MR) is 84.2 cm³/mol. The van der Waals surface area contributed by atoms with Crippen LogP contribution in [-0.4, -0.2) is 12.0 Å². The number of aryl methyl sites for hydroxylation is 1. The molecule has 0 saturated heterocycles. The third kappa shape index (κ3) is 2.32. The van der Waals surface area contributed by atoms with Crippen molar-refractivity contribution in [2.45, 2.75) is 46.5 Å². The quantitative estimate of drug-likeness (QED) is 0.850. The second-order valence-corrected chi connectivity index (χ2v) is 5.79. The molecule has 0 atom stereocenters. The number of hydrogen-bond donors (Lipinski definition) is 1. The summed E-state index contributed by atoms with van der Waals surface area (Å²) in [7, 11) is 2.00. The summed E-state index contributed by atoms with van der Waals surface area (Å²) in [5.41, 5.74) is 6.17. The van der Waals surface area contributed by atoms with Crippen molar-refractivity contribution in [1.29, 1.82) is 0 Å². The van der Waals surface area contributed by atoms with Gasteiger partial charge in [0.05, 0.1) is 5.52 Å². The van der Waals surface area contributed by atoms with E-state index in [0.29, 0.717) is 11.8 Å². The van der Waals surface area contributed by atoms with Crippen LogP contribution in [0.25, 0.3) is 10.9 Å². The summed E-state index contributed by atoms with van der Waals surface area (Å²) < 4.78 is 0. The van der Waals surface area contributed by atoms with Gasteiger partial charge in [-0.05, 0) is 29.9 Å². The van der Waals surface area contributed by atoms with Crippen molar-refractivity contribution in [3.8, 4) is 0 Å². The van der Waals surface area contributed by atoms with E-state index in [-0.39, 0.29) is 0 Å². The number of anilines is 1. The van der Waals surface area contributed by atoms with Gasteiger partial charge in [-0.2, -0.15) is 0 Å². The van der Waals surface area contributed by atoms with Crippen LogP contribution in [0.3, 0.4) is 0 Å². The third-order valence-electron chi connectivity index (χ3n) is 3.72. The molecule has 0 fully saturated rings. The van der Waals surface area contributed by atoms with Crippen LogP contribution in [0.4, 0.5) is 5.69 Å². The van der Waals surface area contributed by atoms with Crippen molar-refractivity contribution >= 4 is 16.6 Å². The smallest absolute Gasteiger partial charge is 0.0760 e. The molecule has 1 heterocycles. The van der Waals surface area contributed by atoms with Crippen LogP contribution in [0.5, 0.6) is 0 Å². The van der Waals surface area contributed by atoms with E-state index in [4.69, 9.17) is 4.98 Å². The lowest BCUT2D eigenvalue weighted by Crippen LogP contribution is -2.05. The summed E-state index contributed by atoms with van der Waals surface area (Å²) in [5.74, 6) is 0.965. The number of nitrogens with zero attached hydrogens (tertiary/aromatic N) is 1. The molecule has 19 heavy (non-hydrogen) atoms. The number of nitrogens with one attached hydrogen (secondary N) is 1. The van der Waals surface area contributed by atoms with Crippen molar-refractivity contribution < 1.29 is 0 Å². The number of fused-ring (bicyclic) bond motifs is 1. The van der Waals surface area contributed by atoms with E-state index in [1.807, 2.05) is 7.05 Å². The molecule has 0 aliphatic heterocycles. The number of pyridine rings is 1. The second-order valence-electron chi connectivity index (χ2n) is 5.79. The lowest BCUT2D eigenvalue weighted by molar-refractivity contribution is 0.844. The van der Waals surface area contributed by atoms with Crippen LogP contribution in [0.1, 0.15) is 56.4 Å². The standard InChI is InChI=1S/C17H24N2/c1-10(2)13-8-7-9-14-16(13)19-12(5)15(11(3)4)17(14)18-6/h7-11H,1-6H3,(H,18,19). The Bertz CT molecular complexity index is 598. The van der Waals surface area contributed by atoms with Crippen molar-refractivity contribution in [3.05, 3.63) is 35.0 Å². The molecule has 0 spiro atoms. The fraction of sp³-hybridized carbons (Fsp3) is 0.471. The number of aromatic nitrogens is 1. The maximum atomic E-state index is 4.89. The Labute approximate surface area is 116 Å². The fourth-order valence-electron chi connectivity index (χ4n) is 2.88. The average Bonchev–Trinajstić information content (AvgIpc) is 2.35. The monoisotopic (exact) mass is 256 g/mol. The molecular weight excluding hydrogens is 232 g/mol. The fourth-order valence-corrected chi connectivity index (χ4v) is 2.88. The molecule has 0 aliphatic carbocycles. The van der Waals surface area contributed by atoms with Gasteiger partial charge in [0, 0.05) is 23.8 Å². The van der Waals surface area contributed by atoms with E-state index in [1.54, 1.807) is 0 Å². The van der Waals surface area contributed by atoms with Crippen LogP contribution in [0.15, 0.2) is 18.2 Å². The van der Waals surface area contributed by atoms with Crippen LogP contribution >= 0.6 is 0 Å². The number of para-hydroxylation sites is 1. The molecular formula is C17H24N2. The first-order chi connectivity index (χ1) is 8.97. The summed E-state index contributed by atoms with van der Waals surface area (Å²) in [4.78, 5) is 4.89. The third-order valence-corrected chi connectivity index (χ3v) is 3.72. The molecule has 0 unspecified atom stereocenters. The van der Waals surface area contributed by atoms with Gasteiger partial charge in [0.15, 0.2) is 0 Å². The zero-order valence-corrected chi connectivity index (χ0v) is 12.8. The molecule has 2 nitrogen and oxygen atoms in total. The van der Waals surface area contributed by atoms with E-state index in [1.165, 1.54) is 22.2 Å². The first-order valence-corrected chi connectivity index (χ1v) is 7.08. The normalized spacial score (nSPS) is 11.6. The van der Waals surface area contributed by atoms with E-state index < -0.39 is 0 Å². The Morgan fingerprint density at radius 3 is 2.26 bits per heavy atom. The first-order valence-electron chi connectivity index (χ1n) is 7.08. The van der Waals surface area contributed by atoms with Crippen molar-refractivity contribution in [2.24, 2.45) is 0 Å². The summed E-state index contributed by atoms with van der Waals surface area (Å²) >= 11 is 0. The highest BCUT2D eigenvalue weighted by Gasteiger charge is 2.16. The molecule has 102 valence electrons. The summed E-state index contributed by atoms with van der Waals surface area (Å²) in [5, 5.41) is 4.63. The van der Waals surface area contributed by atoms with E-state index in [9.17, 15) is 0 Å². The largest absolute Gasteiger partial charge is 0.387 e. The predicted octanol–water partition coefficient (Wildman–Crippen LogP) is 4.83. The minimum Gasteiger partial charge on any atom is -0.387 e. The number of benzene rings is 1. The Balaban J connectivity index is 2.88. The van der Waals surface area contributed by atoms with E-state index >= 15 is 0 Å². The summed E-state index contributed by atoms with van der Waals surface area (Å²) in [6.07, 6.45) is 0. The molecule has 0 bridgehead atoms. The molecule has 2 heteroatoms. The Morgan fingerprint density at radius 1 is 1.05 bits per heavy atom. The van der Waals surface area contributed by atoms with Gasteiger partial charge in [-0.25, -0.2) is 0 Å². The van der Waals surface area contributed by atoms with Crippen LogP contribution in [-0.2, 0) is 0 Å². The molecule has 2 rings (SSSR count). The molecule has 1 aromatic carbocycles. The molecule has 1 aromatic heterocycles. The van der Waals surface area contributed by atoms with Gasteiger partial charge in [0.1, 0.15) is 0 Å². The maximum absolute atomic E-state index is 4.89. The summed E-state index contributed by atoms with van der Waals surface area (Å²) in [6.45, 7) is 11.0. The van der Waals surface area contributed by atoms with Gasteiger partial charge < -0.3 is 5.32 Å². The number of hydrogen-bond acceptors (Lipinski definition) is 2. The lowest BCUT2D eigenvalue weighted by Gasteiger charge is -2.19. The van der Waals surface area contributed by atoms with Gasteiger partial charge in [-0.3, -0.25) is 4.98 Å². The van der Waals surface area contributed by atoms with Gasteiger partial charge >= 0.3 is 0 Å². The Kier molecular flexibility index (Phi) is 3.79. The van der Waals surface area contributed by atoms with Crippen LogP contribution in [0, 0.1) is 6.92 Å². The minimum atomic E-state index is 0.474. The highest BCUT2D eigenvalue weighted by atomic mass is 14.9. The van der Waals surface area contributed by atoms with E-state index in [2.05, 4.69) is 58.1 Å². The maximum Gasteiger partial charge on any atom is 0.0760 e. The highest BCUT2D eigenvalue weighted by Crippen LogP contribution is 2.35. The average molecular weight is 256 g/mol. The zero-order chi connectivity index (χ0) is 14.2. The zero-order valence-electron chi connectivity index (χ0n) is 12.8. The molecule has 0 radical (unpaired) electrons. The molecule has 0 saturated carbocycles. The van der Waals surface area contributed by atoms with E-state index in [0.717, 1.165) is 11.2 Å². The second kappa shape index (κ2) is 5.20. The van der Waals surface area contributed by atoms with Crippen LogP contribution < -0.4 is 5.32 Å². The van der Waals surface area contributed by atoms with Crippen molar-refractivity contribution in [3.63, 3.8) is 0 Å². The topological polar surface area (TPSA) is 24.9 Å². The van der Waals surface area contributed by atoms with Gasteiger partial charge in [0.25, 0.3) is 0 Å². The lowest BCUT2D eigenvalue weighted by atomic mass is 9.93. The minimum absolute atomic E-state index is 0.474. The first kappa shape index (κ1) is 13.9. The Morgan fingerprint density at radius 2 is 1.74 bits per heavy atom. The molecule has 0 aliphatic rings. The highest BCUT2D eigenvalue weighted by molar-refractivity contribution is 5.95. The van der Waals surface area contributed by atoms with Gasteiger partial charge in [-0.15, -0.1) is 0 Å². The van der Waals surface area contributed by atoms with Crippen molar-refractivity contribution in [2.75, 3.05) is 12.4 Å². The van der Waals surface area contributed by atoms with Crippen molar-refractivity contribution in [1.82, 2.24) is 4.98 Å². The SMILES string of the molecule is CNc1c(C(C)C)c(C)nc2c(C(C)C)cccc12. The van der Waals surface area contributed by atoms with Gasteiger partial charge in [0.2, 0.25) is 0 Å². The van der Waals surface area contributed by atoms with Crippen LogP contribution in [0.2, 0.25) is 0 Å². The molecule has 1 N–H and O–H groups in total. The number of rotatable bonds is 3. The molecule has 0 amide bonds.